The first-order valence-electron chi connectivity index (χ1n) is 12.5. The third kappa shape index (κ3) is 9.23. The van der Waals surface area contributed by atoms with Gasteiger partial charge in [0.05, 0.1) is 29.8 Å². The Bertz CT molecular complexity index is 1360. The SMILES string of the molecule is CC(C)CN(OC(=O)NC(Cc1ccc(OCCNS(C)(=O)=O)cc1)C(C)O)S(=O)(=O)c1ccc2c(c1)OCO2. The Morgan fingerprint density at radius 3 is 2.35 bits per heavy atom. The summed E-state index contributed by atoms with van der Waals surface area (Å²) in [5.74, 6) is 1.02. The van der Waals surface area contributed by atoms with Crippen molar-refractivity contribution in [2.75, 3.05) is 32.7 Å². The van der Waals surface area contributed by atoms with Crippen LogP contribution < -0.4 is 24.2 Å². The van der Waals surface area contributed by atoms with Crippen LogP contribution in [0.4, 0.5) is 4.79 Å². The molecule has 1 aliphatic rings. The molecule has 1 aliphatic heterocycles. The average molecular weight is 602 g/mol. The van der Waals surface area contributed by atoms with Gasteiger partial charge in [-0.05, 0) is 53.6 Å². The van der Waals surface area contributed by atoms with Gasteiger partial charge in [-0.15, -0.1) is 0 Å². The van der Waals surface area contributed by atoms with Gasteiger partial charge in [0, 0.05) is 12.6 Å². The number of ether oxygens (including phenoxy) is 3. The molecular formula is C25H35N3O10S2. The molecule has 1 amide bonds. The van der Waals surface area contributed by atoms with Crippen LogP contribution in [-0.2, 0) is 31.3 Å². The van der Waals surface area contributed by atoms with E-state index in [0.29, 0.717) is 16.0 Å². The summed E-state index contributed by atoms with van der Waals surface area (Å²) < 4.78 is 67.8. The lowest BCUT2D eigenvalue weighted by Crippen LogP contribution is -2.47. The fourth-order valence-electron chi connectivity index (χ4n) is 3.62. The van der Waals surface area contributed by atoms with E-state index in [-0.39, 0.29) is 49.5 Å². The number of nitrogens with one attached hydrogen (secondary N) is 2. The van der Waals surface area contributed by atoms with E-state index < -0.39 is 38.3 Å². The summed E-state index contributed by atoms with van der Waals surface area (Å²) in [6, 6.07) is 10.1. The normalized spacial score (nSPS) is 14.7. The van der Waals surface area contributed by atoms with E-state index in [1.807, 2.05) is 0 Å². The van der Waals surface area contributed by atoms with Gasteiger partial charge in [0.2, 0.25) is 16.8 Å². The Labute approximate surface area is 234 Å². The summed E-state index contributed by atoms with van der Waals surface area (Å²) in [6.45, 7) is 5.17. The molecule has 15 heteroatoms. The van der Waals surface area contributed by atoms with Crippen LogP contribution in [0.3, 0.4) is 0 Å². The van der Waals surface area contributed by atoms with E-state index in [2.05, 4.69) is 10.0 Å². The summed E-state index contributed by atoms with van der Waals surface area (Å²) in [7, 11) is -7.55. The topological polar surface area (TPSA) is 170 Å². The Morgan fingerprint density at radius 2 is 1.73 bits per heavy atom. The fraction of sp³-hybridized carbons (Fsp3) is 0.480. The fourth-order valence-corrected chi connectivity index (χ4v) is 5.47. The number of carbonyl (C=O) groups is 1. The van der Waals surface area contributed by atoms with Crippen molar-refractivity contribution in [3.63, 3.8) is 0 Å². The van der Waals surface area contributed by atoms with Crippen LogP contribution in [0.15, 0.2) is 47.4 Å². The first-order valence-corrected chi connectivity index (χ1v) is 15.8. The lowest BCUT2D eigenvalue weighted by atomic mass is 10.0. The van der Waals surface area contributed by atoms with Crippen molar-refractivity contribution < 1.29 is 45.8 Å². The molecule has 0 spiro atoms. The smallest absolute Gasteiger partial charge is 0.427 e. The summed E-state index contributed by atoms with van der Waals surface area (Å²) in [5, 5.41) is 12.8. The number of amides is 1. The molecule has 0 aromatic heterocycles. The van der Waals surface area contributed by atoms with Crippen LogP contribution in [-0.4, -0.2) is 77.4 Å². The molecule has 3 rings (SSSR count). The maximum atomic E-state index is 13.3. The van der Waals surface area contributed by atoms with Gasteiger partial charge in [0.15, 0.2) is 11.5 Å². The molecule has 222 valence electrons. The van der Waals surface area contributed by atoms with E-state index in [0.717, 1.165) is 11.8 Å². The molecule has 2 aromatic rings. The number of aliphatic hydroxyl groups is 1. The van der Waals surface area contributed by atoms with Gasteiger partial charge < -0.3 is 29.5 Å². The molecule has 1 heterocycles. The van der Waals surface area contributed by atoms with Gasteiger partial charge in [0.1, 0.15) is 12.4 Å². The molecule has 0 aliphatic carbocycles. The van der Waals surface area contributed by atoms with Gasteiger partial charge in [0.25, 0.3) is 10.0 Å². The van der Waals surface area contributed by atoms with Crippen molar-refractivity contribution in [2.24, 2.45) is 5.92 Å². The van der Waals surface area contributed by atoms with Gasteiger partial charge in [-0.3, -0.25) is 0 Å². The highest BCUT2D eigenvalue weighted by molar-refractivity contribution is 7.89. The molecule has 0 bridgehead atoms. The highest BCUT2D eigenvalue weighted by Crippen LogP contribution is 2.34. The number of nitrogens with zero attached hydrogens (tertiary/aromatic N) is 1. The molecule has 13 nitrogen and oxygen atoms in total. The van der Waals surface area contributed by atoms with E-state index >= 15 is 0 Å². The van der Waals surface area contributed by atoms with Crippen molar-refractivity contribution in [3.05, 3.63) is 48.0 Å². The molecule has 40 heavy (non-hydrogen) atoms. The minimum Gasteiger partial charge on any atom is -0.492 e. The maximum absolute atomic E-state index is 13.3. The van der Waals surface area contributed by atoms with Crippen LogP contribution in [0.2, 0.25) is 0 Å². The first-order chi connectivity index (χ1) is 18.7. The lowest BCUT2D eigenvalue weighted by Gasteiger charge is -2.25. The maximum Gasteiger partial charge on any atom is 0.427 e. The Morgan fingerprint density at radius 1 is 1.05 bits per heavy atom. The molecule has 2 atom stereocenters. The summed E-state index contributed by atoms with van der Waals surface area (Å²) >= 11 is 0. The quantitative estimate of drug-likeness (QED) is 0.214. The third-order valence-electron chi connectivity index (χ3n) is 5.61. The number of rotatable bonds is 14. The minimum absolute atomic E-state index is 0.0210. The molecule has 0 saturated carbocycles. The average Bonchev–Trinajstić information content (AvgIpc) is 3.34. The van der Waals surface area contributed by atoms with E-state index in [1.165, 1.54) is 25.1 Å². The molecule has 0 saturated heterocycles. The second kappa shape index (κ2) is 13.5. The summed E-state index contributed by atoms with van der Waals surface area (Å²) in [6.07, 6.45) is -0.768. The molecule has 3 N–H and O–H groups in total. The van der Waals surface area contributed by atoms with Gasteiger partial charge in [-0.2, -0.15) is 0 Å². The second-order valence-electron chi connectivity index (χ2n) is 9.63. The largest absolute Gasteiger partial charge is 0.492 e. The number of benzene rings is 2. The predicted molar refractivity (Wildman–Crippen MR) is 145 cm³/mol. The minimum atomic E-state index is -4.25. The highest BCUT2D eigenvalue weighted by Gasteiger charge is 2.32. The number of carbonyl (C=O) groups excluding carboxylic acids is 1. The van der Waals surface area contributed by atoms with Crippen molar-refractivity contribution in [1.29, 1.82) is 0 Å². The van der Waals surface area contributed by atoms with Crippen LogP contribution in [0.25, 0.3) is 0 Å². The van der Waals surface area contributed by atoms with Crippen molar-refractivity contribution in [2.45, 2.75) is 44.2 Å². The zero-order valence-electron chi connectivity index (χ0n) is 22.7. The Kier molecular flexibility index (Phi) is 10.6. The van der Waals surface area contributed by atoms with Crippen LogP contribution in [0.5, 0.6) is 17.2 Å². The highest BCUT2D eigenvalue weighted by atomic mass is 32.2. The number of sulfonamides is 2. The number of hydrogen-bond acceptors (Lipinski definition) is 10. The molecule has 0 radical (unpaired) electrons. The first kappa shape index (κ1) is 31.4. The van der Waals surface area contributed by atoms with Crippen LogP contribution in [0, 0.1) is 5.92 Å². The number of hydroxylamine groups is 1. The zero-order valence-corrected chi connectivity index (χ0v) is 24.3. The molecule has 2 aromatic carbocycles. The van der Waals surface area contributed by atoms with E-state index in [9.17, 15) is 26.7 Å². The van der Waals surface area contributed by atoms with E-state index in [4.69, 9.17) is 19.0 Å². The van der Waals surface area contributed by atoms with Crippen LogP contribution >= 0.6 is 0 Å². The van der Waals surface area contributed by atoms with Crippen molar-refractivity contribution in [3.8, 4) is 17.2 Å². The Hall–Kier alpha value is -3.11. The van der Waals surface area contributed by atoms with Crippen molar-refractivity contribution >= 4 is 26.1 Å². The monoisotopic (exact) mass is 601 g/mol. The predicted octanol–water partition coefficient (Wildman–Crippen LogP) is 1.62. The summed E-state index contributed by atoms with van der Waals surface area (Å²) in [4.78, 5) is 17.9. The van der Waals surface area contributed by atoms with Gasteiger partial charge in [-0.1, -0.05) is 26.0 Å². The molecular weight excluding hydrogens is 566 g/mol. The molecule has 0 fully saturated rings. The standard InChI is InChI=1S/C25H35N3O10S2/c1-17(2)15-28(40(33,34)21-9-10-23-24(14-21)37-16-36-23)38-25(30)27-22(18(3)29)13-19-5-7-20(8-6-19)35-12-11-26-39(4,31)32/h5-10,14,17-18,22,26,29H,11-13,15-16H2,1-4H3,(H,27,30). The van der Waals surface area contributed by atoms with E-state index in [1.54, 1.807) is 38.1 Å². The van der Waals surface area contributed by atoms with Crippen molar-refractivity contribution in [1.82, 2.24) is 14.5 Å². The molecule has 2 unspecified atom stereocenters. The van der Waals surface area contributed by atoms with Gasteiger partial charge >= 0.3 is 6.09 Å². The van der Waals surface area contributed by atoms with Gasteiger partial charge in [-0.25, -0.2) is 26.4 Å². The number of aliphatic hydroxyl groups excluding tert-OH is 1. The third-order valence-corrected chi connectivity index (χ3v) is 7.95. The number of fused-ring (bicyclic) bond motifs is 1. The second-order valence-corrected chi connectivity index (χ2v) is 13.3. The lowest BCUT2D eigenvalue weighted by molar-refractivity contribution is -0.0323. The zero-order chi connectivity index (χ0) is 29.5. The number of hydrogen-bond donors (Lipinski definition) is 3. The Balaban J connectivity index is 1.63. The summed E-state index contributed by atoms with van der Waals surface area (Å²) in [5.41, 5.74) is 0.750. The van der Waals surface area contributed by atoms with Crippen LogP contribution in [0.1, 0.15) is 26.3 Å².